The molecule has 0 aliphatic rings. The zero-order valence-corrected chi connectivity index (χ0v) is 25.9. The summed E-state index contributed by atoms with van der Waals surface area (Å²) in [6, 6.07) is 0. The summed E-state index contributed by atoms with van der Waals surface area (Å²) in [7, 11) is 4.16. The molecular weight excluding hydrogens is 520 g/mol. The van der Waals surface area contributed by atoms with Crippen LogP contribution in [0, 0.1) is 0 Å². The van der Waals surface area contributed by atoms with Crippen LogP contribution in [0.5, 0.6) is 0 Å². The van der Waals surface area contributed by atoms with Crippen molar-refractivity contribution in [2.24, 2.45) is 0 Å². The second kappa shape index (κ2) is 36.9. The molecule has 0 aromatic rings. The van der Waals surface area contributed by atoms with E-state index < -0.39 is 0 Å². The maximum absolute atomic E-state index is 10.1. The number of carbonyl (C=O) groups is 2. The van der Waals surface area contributed by atoms with Crippen LogP contribution in [-0.4, -0.2) is 76.9 Å². The Morgan fingerprint density at radius 2 is 0.632 bits per heavy atom. The zero-order chi connectivity index (χ0) is 27.5. The third kappa shape index (κ3) is 35.9. The van der Waals surface area contributed by atoms with Crippen molar-refractivity contribution in [3.63, 3.8) is 0 Å². The van der Waals surface area contributed by atoms with Crippen molar-refractivity contribution < 1.29 is 28.5 Å². The van der Waals surface area contributed by atoms with Gasteiger partial charge in [0.15, 0.2) is 0 Å². The van der Waals surface area contributed by atoms with E-state index in [-0.39, 0.29) is 13.2 Å². The minimum Gasteiger partial charge on any atom is -0.379 e. The normalized spacial score (nSPS) is 11.3. The first-order chi connectivity index (χ1) is 18.9. The lowest BCUT2D eigenvalue weighted by Crippen LogP contribution is -2.06. The molecule has 0 aromatic carbocycles. The van der Waals surface area contributed by atoms with Crippen molar-refractivity contribution in [3.05, 3.63) is 0 Å². The van der Waals surface area contributed by atoms with Crippen LogP contribution in [0.2, 0.25) is 0 Å². The Labute approximate surface area is 242 Å². The average Bonchev–Trinajstić information content (AvgIpc) is 2.93. The zero-order valence-electron chi connectivity index (χ0n) is 24.2. The standard InChI is InChI=1S/C30H58O6S2/c31-19-23-35-27-25-33-21-15-11-7-3-1-5-9-13-17-29-37-38-30-18-14-10-6-2-4-8-12-16-22-34-26-28-36-24-20-32/h19-20H,1-18,21-30H2. The van der Waals surface area contributed by atoms with Gasteiger partial charge in [-0.05, 0) is 25.7 Å². The van der Waals surface area contributed by atoms with E-state index in [9.17, 15) is 9.59 Å². The molecule has 0 aromatic heterocycles. The molecule has 0 heterocycles. The third-order valence-corrected chi connectivity index (χ3v) is 8.81. The minimum absolute atomic E-state index is 0.173. The molecule has 0 unspecified atom stereocenters. The van der Waals surface area contributed by atoms with Gasteiger partial charge in [-0.2, -0.15) is 0 Å². The van der Waals surface area contributed by atoms with Gasteiger partial charge in [-0.25, -0.2) is 0 Å². The van der Waals surface area contributed by atoms with E-state index >= 15 is 0 Å². The number of hydrogen-bond acceptors (Lipinski definition) is 8. The molecule has 0 saturated heterocycles. The van der Waals surface area contributed by atoms with Crippen molar-refractivity contribution in [2.75, 3.05) is 64.4 Å². The summed E-state index contributed by atoms with van der Waals surface area (Å²) in [4.78, 5) is 20.2. The molecule has 0 amide bonds. The van der Waals surface area contributed by atoms with Crippen molar-refractivity contribution in [3.8, 4) is 0 Å². The highest BCUT2D eigenvalue weighted by Gasteiger charge is 1.97. The van der Waals surface area contributed by atoms with Crippen molar-refractivity contribution in [2.45, 2.75) is 116 Å². The number of carbonyl (C=O) groups excluding carboxylic acids is 2. The number of hydrogen-bond donors (Lipinski definition) is 0. The Morgan fingerprint density at radius 3 is 0.974 bits per heavy atom. The quantitative estimate of drug-likeness (QED) is 0.0428. The summed E-state index contributed by atoms with van der Waals surface area (Å²) in [6.07, 6.45) is 25.5. The van der Waals surface area contributed by atoms with Crippen LogP contribution < -0.4 is 0 Å². The predicted molar refractivity (Wildman–Crippen MR) is 163 cm³/mol. The van der Waals surface area contributed by atoms with Crippen LogP contribution in [0.25, 0.3) is 0 Å². The van der Waals surface area contributed by atoms with E-state index in [1.165, 1.54) is 114 Å². The molecule has 0 saturated carbocycles. The molecule has 0 aliphatic carbocycles. The van der Waals surface area contributed by atoms with Gasteiger partial charge in [0, 0.05) is 24.7 Å². The molecule has 0 spiro atoms. The smallest absolute Gasteiger partial charge is 0.145 e. The largest absolute Gasteiger partial charge is 0.379 e. The summed E-state index contributed by atoms with van der Waals surface area (Å²) in [6.45, 7) is 4.17. The van der Waals surface area contributed by atoms with Gasteiger partial charge in [-0.3, -0.25) is 0 Å². The van der Waals surface area contributed by atoms with Gasteiger partial charge >= 0.3 is 0 Å². The molecule has 0 fully saturated rings. The number of ether oxygens (including phenoxy) is 4. The van der Waals surface area contributed by atoms with E-state index in [0.717, 1.165) is 38.6 Å². The SMILES string of the molecule is O=CCOCCOCCCCCCCCCCCSSCCCCCCCCCCCOCCOCC=O. The number of rotatable bonds is 35. The second-order valence-electron chi connectivity index (χ2n) is 9.72. The predicted octanol–water partition coefficient (Wildman–Crippen LogP) is 7.85. The van der Waals surface area contributed by atoms with Crippen LogP contribution in [0.3, 0.4) is 0 Å². The van der Waals surface area contributed by atoms with E-state index in [0.29, 0.717) is 26.4 Å². The maximum Gasteiger partial charge on any atom is 0.145 e. The lowest BCUT2D eigenvalue weighted by atomic mass is 10.1. The Bertz CT molecular complexity index is 416. The highest BCUT2D eigenvalue weighted by atomic mass is 33.1. The van der Waals surface area contributed by atoms with E-state index in [2.05, 4.69) is 21.6 Å². The lowest BCUT2D eigenvalue weighted by molar-refractivity contribution is -0.113. The molecule has 0 rings (SSSR count). The summed E-state index contributed by atoms with van der Waals surface area (Å²) in [5, 5.41) is 0. The van der Waals surface area contributed by atoms with Crippen molar-refractivity contribution in [1.82, 2.24) is 0 Å². The van der Waals surface area contributed by atoms with Gasteiger partial charge in [0.25, 0.3) is 0 Å². The summed E-state index contributed by atoms with van der Waals surface area (Å²) in [5.41, 5.74) is 0. The van der Waals surface area contributed by atoms with Crippen LogP contribution in [0.1, 0.15) is 116 Å². The fourth-order valence-corrected chi connectivity index (χ4v) is 6.32. The molecule has 38 heavy (non-hydrogen) atoms. The molecule has 0 radical (unpaired) electrons. The van der Waals surface area contributed by atoms with Gasteiger partial charge in [-0.15, -0.1) is 0 Å². The summed E-state index contributed by atoms with van der Waals surface area (Å²) < 4.78 is 21.1. The molecule has 0 aliphatic heterocycles. The lowest BCUT2D eigenvalue weighted by Gasteiger charge is -2.05. The first-order valence-corrected chi connectivity index (χ1v) is 17.8. The van der Waals surface area contributed by atoms with Gasteiger partial charge in [0.05, 0.1) is 26.4 Å². The Kier molecular flexibility index (Phi) is 36.8. The van der Waals surface area contributed by atoms with Crippen molar-refractivity contribution in [1.29, 1.82) is 0 Å². The minimum atomic E-state index is 0.173. The maximum atomic E-state index is 10.1. The van der Waals surface area contributed by atoms with Crippen molar-refractivity contribution >= 4 is 34.2 Å². The van der Waals surface area contributed by atoms with Crippen LogP contribution in [-0.2, 0) is 28.5 Å². The fourth-order valence-electron chi connectivity index (χ4n) is 4.03. The number of unbranched alkanes of at least 4 members (excludes halogenated alkanes) is 16. The molecule has 0 bridgehead atoms. The Morgan fingerprint density at radius 1 is 0.342 bits per heavy atom. The van der Waals surface area contributed by atoms with Gasteiger partial charge < -0.3 is 28.5 Å². The highest BCUT2D eigenvalue weighted by molar-refractivity contribution is 8.76. The fraction of sp³-hybridized carbons (Fsp3) is 0.933. The Hall–Kier alpha value is -0.120. The summed E-state index contributed by atoms with van der Waals surface area (Å²) >= 11 is 0. The monoisotopic (exact) mass is 578 g/mol. The molecule has 226 valence electrons. The molecule has 0 atom stereocenters. The van der Waals surface area contributed by atoms with E-state index in [1.807, 2.05) is 0 Å². The Balaban J connectivity index is 3.02. The van der Waals surface area contributed by atoms with E-state index in [1.54, 1.807) is 0 Å². The third-order valence-electron chi connectivity index (χ3n) is 6.23. The van der Waals surface area contributed by atoms with Crippen LogP contribution >= 0.6 is 21.6 Å². The summed E-state index contributed by atoms with van der Waals surface area (Å²) in [5.74, 6) is 2.62. The first kappa shape index (κ1) is 37.9. The number of aldehydes is 2. The van der Waals surface area contributed by atoms with E-state index in [4.69, 9.17) is 18.9 Å². The van der Waals surface area contributed by atoms with Crippen LogP contribution in [0.4, 0.5) is 0 Å². The molecule has 8 heteroatoms. The second-order valence-corrected chi connectivity index (χ2v) is 12.4. The first-order valence-electron chi connectivity index (χ1n) is 15.3. The topological polar surface area (TPSA) is 71.1 Å². The average molecular weight is 579 g/mol. The van der Waals surface area contributed by atoms with Crippen LogP contribution in [0.15, 0.2) is 0 Å². The molecular formula is C30H58O6S2. The van der Waals surface area contributed by atoms with Gasteiger partial charge in [0.1, 0.15) is 25.8 Å². The van der Waals surface area contributed by atoms with Gasteiger partial charge in [0.2, 0.25) is 0 Å². The molecule has 0 N–H and O–H groups in total. The molecule has 6 nitrogen and oxygen atoms in total. The van der Waals surface area contributed by atoms with Gasteiger partial charge in [-0.1, -0.05) is 111 Å². The highest BCUT2D eigenvalue weighted by Crippen LogP contribution is 2.25.